The van der Waals surface area contributed by atoms with Crippen molar-refractivity contribution < 1.29 is 4.52 Å². The van der Waals surface area contributed by atoms with E-state index in [4.69, 9.17) is 10.3 Å². The van der Waals surface area contributed by atoms with Gasteiger partial charge in [0.05, 0.1) is 5.41 Å². The summed E-state index contributed by atoms with van der Waals surface area (Å²) in [5, 5.41) is 4.12. The molecular weight excluding hydrogens is 250 g/mol. The summed E-state index contributed by atoms with van der Waals surface area (Å²) in [6, 6.07) is 10.3. The van der Waals surface area contributed by atoms with Crippen LogP contribution in [-0.2, 0) is 11.8 Å². The van der Waals surface area contributed by atoms with Gasteiger partial charge in [0.2, 0.25) is 5.89 Å². The predicted molar refractivity (Wildman–Crippen MR) is 77.3 cm³/mol. The van der Waals surface area contributed by atoms with E-state index in [1.807, 2.05) is 18.2 Å². The molecule has 1 aromatic carbocycles. The normalized spacial score (nSPS) is 26.6. The standard InChI is InChI=1S/C16H21N3O/c1-16(10-6-5-9-13(16)17)15-18-14(19-20-15)11-12-7-3-2-4-8-12/h2-4,7-8,13H,5-6,9-11,17H2,1H3. The third-order valence-corrected chi connectivity index (χ3v) is 4.44. The Balaban J connectivity index is 1.79. The smallest absolute Gasteiger partial charge is 0.234 e. The molecule has 2 atom stereocenters. The Kier molecular flexibility index (Phi) is 3.57. The van der Waals surface area contributed by atoms with Gasteiger partial charge in [-0.05, 0) is 25.3 Å². The van der Waals surface area contributed by atoms with E-state index < -0.39 is 0 Å². The average Bonchev–Trinajstić information content (AvgIpc) is 2.92. The zero-order valence-corrected chi connectivity index (χ0v) is 11.9. The second-order valence-corrected chi connectivity index (χ2v) is 5.95. The van der Waals surface area contributed by atoms with Gasteiger partial charge in [0.25, 0.3) is 0 Å². The van der Waals surface area contributed by atoms with Crippen LogP contribution in [0.4, 0.5) is 0 Å². The van der Waals surface area contributed by atoms with Gasteiger partial charge in [0.1, 0.15) is 0 Å². The molecule has 2 N–H and O–H groups in total. The van der Waals surface area contributed by atoms with Crippen molar-refractivity contribution in [1.29, 1.82) is 0 Å². The van der Waals surface area contributed by atoms with Gasteiger partial charge >= 0.3 is 0 Å². The van der Waals surface area contributed by atoms with Crippen LogP contribution < -0.4 is 5.73 Å². The number of nitrogens with zero attached hydrogens (tertiary/aromatic N) is 2. The summed E-state index contributed by atoms with van der Waals surface area (Å²) in [5.41, 5.74) is 7.31. The van der Waals surface area contributed by atoms with Crippen molar-refractivity contribution >= 4 is 0 Å². The molecule has 1 aliphatic rings. The van der Waals surface area contributed by atoms with Gasteiger partial charge < -0.3 is 10.3 Å². The molecule has 4 heteroatoms. The van der Waals surface area contributed by atoms with E-state index in [0.29, 0.717) is 12.3 Å². The lowest BCUT2D eigenvalue weighted by Gasteiger charge is -2.35. The Morgan fingerprint density at radius 1 is 1.30 bits per heavy atom. The minimum Gasteiger partial charge on any atom is -0.339 e. The third-order valence-electron chi connectivity index (χ3n) is 4.44. The van der Waals surface area contributed by atoms with Crippen molar-refractivity contribution in [2.75, 3.05) is 0 Å². The molecule has 1 heterocycles. The number of aromatic nitrogens is 2. The predicted octanol–water partition coefficient (Wildman–Crippen LogP) is 2.82. The van der Waals surface area contributed by atoms with Gasteiger partial charge in [-0.1, -0.05) is 48.3 Å². The molecule has 1 saturated carbocycles. The van der Waals surface area contributed by atoms with E-state index in [-0.39, 0.29) is 11.5 Å². The molecule has 0 amide bonds. The lowest BCUT2D eigenvalue weighted by atomic mass is 9.72. The first-order valence-electron chi connectivity index (χ1n) is 7.31. The Bertz CT molecular complexity index is 566. The highest BCUT2D eigenvalue weighted by Crippen LogP contribution is 2.37. The van der Waals surface area contributed by atoms with Crippen LogP contribution in [0.5, 0.6) is 0 Å². The van der Waals surface area contributed by atoms with Crippen molar-refractivity contribution in [2.24, 2.45) is 5.73 Å². The van der Waals surface area contributed by atoms with Crippen LogP contribution in [0.2, 0.25) is 0 Å². The van der Waals surface area contributed by atoms with E-state index in [9.17, 15) is 0 Å². The topological polar surface area (TPSA) is 64.9 Å². The number of nitrogens with two attached hydrogens (primary N) is 1. The zero-order valence-electron chi connectivity index (χ0n) is 11.9. The summed E-state index contributed by atoms with van der Waals surface area (Å²) in [4.78, 5) is 4.59. The third kappa shape index (κ3) is 2.48. The van der Waals surface area contributed by atoms with Crippen molar-refractivity contribution in [2.45, 2.75) is 50.5 Å². The largest absolute Gasteiger partial charge is 0.339 e. The number of hydrogen-bond donors (Lipinski definition) is 1. The van der Waals surface area contributed by atoms with Gasteiger partial charge in [-0.2, -0.15) is 4.98 Å². The first-order valence-corrected chi connectivity index (χ1v) is 7.31. The molecule has 0 bridgehead atoms. The summed E-state index contributed by atoms with van der Waals surface area (Å²) < 4.78 is 5.51. The number of rotatable bonds is 3. The second kappa shape index (κ2) is 5.37. The second-order valence-electron chi connectivity index (χ2n) is 5.95. The molecule has 3 rings (SSSR count). The fraction of sp³-hybridized carbons (Fsp3) is 0.500. The van der Waals surface area contributed by atoms with Crippen LogP contribution in [0, 0.1) is 0 Å². The lowest BCUT2D eigenvalue weighted by Crippen LogP contribution is -2.45. The van der Waals surface area contributed by atoms with E-state index in [2.05, 4.69) is 29.2 Å². The van der Waals surface area contributed by atoms with Crippen LogP contribution in [0.15, 0.2) is 34.9 Å². The van der Waals surface area contributed by atoms with Crippen LogP contribution in [0.25, 0.3) is 0 Å². The monoisotopic (exact) mass is 271 g/mol. The average molecular weight is 271 g/mol. The van der Waals surface area contributed by atoms with E-state index in [1.165, 1.54) is 18.4 Å². The first kappa shape index (κ1) is 13.3. The molecule has 0 saturated heterocycles. The molecule has 0 aliphatic heterocycles. The quantitative estimate of drug-likeness (QED) is 0.932. The van der Waals surface area contributed by atoms with Gasteiger partial charge in [0.15, 0.2) is 5.82 Å². The Morgan fingerprint density at radius 3 is 2.85 bits per heavy atom. The Morgan fingerprint density at radius 2 is 2.10 bits per heavy atom. The molecule has 0 spiro atoms. The van der Waals surface area contributed by atoms with Crippen molar-refractivity contribution in [3.63, 3.8) is 0 Å². The van der Waals surface area contributed by atoms with E-state index >= 15 is 0 Å². The molecule has 1 aliphatic carbocycles. The van der Waals surface area contributed by atoms with Crippen LogP contribution >= 0.6 is 0 Å². The van der Waals surface area contributed by atoms with Crippen molar-refractivity contribution in [3.8, 4) is 0 Å². The minimum absolute atomic E-state index is 0.112. The van der Waals surface area contributed by atoms with Gasteiger partial charge in [-0.25, -0.2) is 0 Å². The summed E-state index contributed by atoms with van der Waals surface area (Å²) in [6.45, 7) is 2.15. The molecular formula is C16H21N3O. The molecule has 1 fully saturated rings. The summed E-state index contributed by atoms with van der Waals surface area (Å²) in [5.74, 6) is 1.45. The number of hydrogen-bond acceptors (Lipinski definition) is 4. The molecule has 20 heavy (non-hydrogen) atoms. The SMILES string of the molecule is CC1(c2nc(Cc3ccccc3)no2)CCCCC1N. The first-order chi connectivity index (χ1) is 9.68. The van der Waals surface area contributed by atoms with Crippen molar-refractivity contribution in [3.05, 3.63) is 47.6 Å². The minimum atomic E-state index is -0.166. The highest BCUT2D eigenvalue weighted by atomic mass is 16.5. The summed E-state index contributed by atoms with van der Waals surface area (Å²) in [7, 11) is 0. The Labute approximate surface area is 119 Å². The zero-order chi connectivity index (χ0) is 14.0. The molecule has 0 radical (unpaired) electrons. The van der Waals surface area contributed by atoms with Crippen LogP contribution in [-0.4, -0.2) is 16.2 Å². The van der Waals surface area contributed by atoms with E-state index in [0.717, 1.165) is 18.7 Å². The van der Waals surface area contributed by atoms with Crippen LogP contribution in [0.3, 0.4) is 0 Å². The highest BCUT2D eigenvalue weighted by Gasteiger charge is 2.40. The Hall–Kier alpha value is -1.68. The molecule has 1 aromatic heterocycles. The maximum Gasteiger partial charge on any atom is 0.234 e. The molecule has 4 nitrogen and oxygen atoms in total. The number of benzene rings is 1. The van der Waals surface area contributed by atoms with Gasteiger partial charge in [-0.3, -0.25) is 0 Å². The van der Waals surface area contributed by atoms with Crippen molar-refractivity contribution in [1.82, 2.24) is 10.1 Å². The van der Waals surface area contributed by atoms with Crippen LogP contribution in [0.1, 0.15) is 49.9 Å². The molecule has 2 unspecified atom stereocenters. The maximum absolute atomic E-state index is 6.28. The van der Waals surface area contributed by atoms with Gasteiger partial charge in [0, 0.05) is 12.5 Å². The lowest BCUT2D eigenvalue weighted by molar-refractivity contribution is 0.203. The summed E-state index contributed by atoms with van der Waals surface area (Å²) >= 11 is 0. The maximum atomic E-state index is 6.28. The molecule has 2 aromatic rings. The fourth-order valence-electron chi connectivity index (χ4n) is 2.96. The molecule has 106 valence electrons. The van der Waals surface area contributed by atoms with Gasteiger partial charge in [-0.15, -0.1) is 0 Å². The highest BCUT2D eigenvalue weighted by molar-refractivity contribution is 5.19. The fourth-order valence-corrected chi connectivity index (χ4v) is 2.96. The summed E-state index contributed by atoms with van der Waals surface area (Å²) in [6.07, 6.45) is 5.14. The van der Waals surface area contributed by atoms with E-state index in [1.54, 1.807) is 0 Å².